The van der Waals surface area contributed by atoms with Crippen molar-refractivity contribution in [2.24, 2.45) is 0 Å². The first kappa shape index (κ1) is 42.9. The number of anilines is 3. The third-order valence-electron chi connectivity index (χ3n) is 9.70. The maximum atomic E-state index is 14.3. The fourth-order valence-corrected chi connectivity index (χ4v) is 7.14. The Morgan fingerprint density at radius 1 is 1.03 bits per heavy atom. The number of aryl methyl sites for hydroxylation is 2. The number of carbonyl (C=O) groups excluding carboxylic acids is 1. The maximum Gasteiger partial charge on any atom is 0.417 e. The molecule has 2 aromatic heterocycles. The Hall–Kier alpha value is -4.66. The number of amides is 2. The standard InChI is InChI=1S/C38H42BrF6N7O6/c1-4-24-19-58-35-30(52(24)21-37(40,41)42)6-5-29-34(35)26(38(43,44)45)14-33(53)51(29)9-11-55-10-7-50-8-12-56-25(18-50)20-57-31-13-22(2)27(39)15-28(31)48-36(54)49-32-17-46-23(3)16-47-32/h5-6,13-17,24-25H,4,7-12,18-21H2,1-3H3,(H2,47,48,49,54)/t24-,25+/m1/s1. The molecule has 1 saturated heterocycles. The minimum Gasteiger partial charge on any atom is -0.489 e. The molecule has 0 aliphatic carbocycles. The Morgan fingerprint density at radius 2 is 1.81 bits per heavy atom. The molecular weight excluding hydrogens is 844 g/mol. The molecule has 0 spiro atoms. The van der Waals surface area contributed by atoms with E-state index in [0.717, 1.165) is 19.5 Å². The maximum absolute atomic E-state index is 14.3. The molecule has 2 amide bonds. The monoisotopic (exact) mass is 885 g/mol. The summed E-state index contributed by atoms with van der Waals surface area (Å²) in [7, 11) is 0. The second-order valence-corrected chi connectivity index (χ2v) is 14.8. The van der Waals surface area contributed by atoms with Crippen LogP contribution >= 0.6 is 15.9 Å². The van der Waals surface area contributed by atoms with Crippen LogP contribution in [0.1, 0.15) is 30.2 Å². The molecule has 20 heteroatoms. The molecular formula is C38H42BrF6N7O6. The largest absolute Gasteiger partial charge is 0.489 e. The molecule has 2 N–H and O–H groups in total. The van der Waals surface area contributed by atoms with Gasteiger partial charge in [0.1, 0.15) is 31.6 Å². The molecule has 0 bridgehead atoms. The zero-order valence-corrected chi connectivity index (χ0v) is 33.4. The number of urea groups is 1. The molecule has 2 atom stereocenters. The van der Waals surface area contributed by atoms with Gasteiger partial charge in [0.25, 0.3) is 5.56 Å². The van der Waals surface area contributed by atoms with E-state index >= 15 is 0 Å². The van der Waals surface area contributed by atoms with Crippen LogP contribution in [0.4, 0.5) is 48.3 Å². The van der Waals surface area contributed by atoms with E-state index in [4.69, 9.17) is 18.9 Å². The van der Waals surface area contributed by atoms with Gasteiger partial charge in [-0.3, -0.25) is 20.0 Å². The van der Waals surface area contributed by atoms with Gasteiger partial charge in [-0.15, -0.1) is 0 Å². The fraction of sp³-hybridized carbons (Fsp3) is 0.474. The lowest BCUT2D eigenvalue weighted by molar-refractivity contribution is -0.136. The Kier molecular flexibility index (Phi) is 13.4. The molecule has 6 rings (SSSR count). The van der Waals surface area contributed by atoms with Gasteiger partial charge >= 0.3 is 18.4 Å². The Bertz CT molecular complexity index is 2150. The summed E-state index contributed by atoms with van der Waals surface area (Å²) < 4.78 is 109. The van der Waals surface area contributed by atoms with Crippen LogP contribution in [-0.2, 0) is 22.2 Å². The van der Waals surface area contributed by atoms with E-state index in [-0.39, 0.29) is 68.3 Å². The molecule has 4 aromatic rings. The summed E-state index contributed by atoms with van der Waals surface area (Å²) in [6.45, 7) is 5.95. The highest BCUT2D eigenvalue weighted by Crippen LogP contribution is 2.46. The topological polar surface area (TPSA) is 132 Å². The molecule has 0 unspecified atom stereocenters. The Morgan fingerprint density at radius 3 is 2.52 bits per heavy atom. The molecule has 0 saturated carbocycles. The van der Waals surface area contributed by atoms with Crippen molar-refractivity contribution in [3.8, 4) is 11.5 Å². The van der Waals surface area contributed by atoms with Crippen molar-refractivity contribution in [2.45, 2.75) is 58.2 Å². The predicted octanol–water partition coefficient (Wildman–Crippen LogP) is 7.17. The quantitative estimate of drug-likeness (QED) is 0.105. The van der Waals surface area contributed by atoms with Crippen LogP contribution in [0.25, 0.3) is 10.9 Å². The SMILES string of the molecule is CC[C@@H]1COc2c(ccc3c2c(C(F)(F)F)cc(=O)n3CCOCCN2CCO[C@H](COc3cc(C)c(Br)cc3NC(=O)Nc3cnc(C)cn3)C2)N1CC(F)(F)F. The van der Waals surface area contributed by atoms with Crippen molar-refractivity contribution >= 4 is 50.1 Å². The van der Waals surface area contributed by atoms with Gasteiger partial charge in [0.2, 0.25) is 0 Å². The summed E-state index contributed by atoms with van der Waals surface area (Å²) in [5.74, 6) is 0.358. The molecule has 314 valence electrons. The van der Waals surface area contributed by atoms with E-state index in [1.165, 1.54) is 24.5 Å². The minimum atomic E-state index is -4.98. The Labute approximate surface area is 337 Å². The van der Waals surface area contributed by atoms with Crippen LogP contribution in [0.2, 0.25) is 0 Å². The molecule has 2 aliphatic rings. The van der Waals surface area contributed by atoms with Crippen LogP contribution in [0, 0.1) is 13.8 Å². The molecule has 0 radical (unpaired) electrons. The normalized spacial score (nSPS) is 17.5. The number of halogens is 7. The van der Waals surface area contributed by atoms with Gasteiger partial charge in [-0.2, -0.15) is 26.3 Å². The van der Waals surface area contributed by atoms with Crippen LogP contribution in [0.15, 0.2) is 52.0 Å². The number of pyridine rings is 1. The number of aromatic nitrogens is 3. The number of carbonyl (C=O) groups is 1. The molecule has 13 nitrogen and oxygen atoms in total. The second-order valence-electron chi connectivity index (χ2n) is 13.9. The van der Waals surface area contributed by atoms with Crippen molar-refractivity contribution in [1.29, 1.82) is 0 Å². The molecule has 2 aromatic carbocycles. The van der Waals surface area contributed by atoms with Crippen molar-refractivity contribution in [2.75, 3.05) is 74.7 Å². The second kappa shape index (κ2) is 18.1. The average molecular weight is 887 g/mol. The zero-order chi connectivity index (χ0) is 41.8. The summed E-state index contributed by atoms with van der Waals surface area (Å²) in [6.07, 6.45) is -6.67. The van der Waals surface area contributed by atoms with Crippen molar-refractivity contribution in [3.63, 3.8) is 0 Å². The number of nitrogens with zero attached hydrogens (tertiary/aromatic N) is 5. The van der Waals surface area contributed by atoms with Crippen LogP contribution < -0.4 is 30.6 Å². The number of morpholine rings is 1. The van der Waals surface area contributed by atoms with E-state index in [1.54, 1.807) is 26.0 Å². The van der Waals surface area contributed by atoms with Crippen molar-refractivity contribution in [3.05, 3.63) is 74.4 Å². The van der Waals surface area contributed by atoms with Gasteiger partial charge in [0.15, 0.2) is 11.6 Å². The van der Waals surface area contributed by atoms with Crippen LogP contribution in [-0.4, -0.2) is 103 Å². The van der Waals surface area contributed by atoms with Gasteiger partial charge in [-0.05, 0) is 50.1 Å². The Balaban J connectivity index is 1.06. The van der Waals surface area contributed by atoms with Crippen LogP contribution in [0.3, 0.4) is 0 Å². The first-order chi connectivity index (χ1) is 27.5. The highest BCUT2D eigenvalue weighted by Gasteiger charge is 2.41. The van der Waals surface area contributed by atoms with Gasteiger partial charge < -0.3 is 33.7 Å². The number of fused-ring (bicyclic) bond motifs is 3. The van der Waals surface area contributed by atoms with Gasteiger partial charge in [-0.1, -0.05) is 22.9 Å². The summed E-state index contributed by atoms with van der Waals surface area (Å²) in [6, 6.07) is 5.23. The van der Waals surface area contributed by atoms with E-state index in [9.17, 15) is 35.9 Å². The highest BCUT2D eigenvalue weighted by molar-refractivity contribution is 9.10. The van der Waals surface area contributed by atoms with Crippen molar-refractivity contribution in [1.82, 2.24) is 19.4 Å². The van der Waals surface area contributed by atoms with E-state index in [1.807, 2.05) is 6.92 Å². The van der Waals surface area contributed by atoms with Crippen molar-refractivity contribution < 1.29 is 50.1 Å². The molecule has 2 aliphatic heterocycles. The number of benzene rings is 2. The fourth-order valence-electron chi connectivity index (χ4n) is 6.79. The number of hydrogen-bond donors (Lipinski definition) is 2. The van der Waals surface area contributed by atoms with Gasteiger partial charge in [0.05, 0.1) is 71.8 Å². The first-order valence-electron chi connectivity index (χ1n) is 18.5. The summed E-state index contributed by atoms with van der Waals surface area (Å²) in [5.41, 5.74) is -0.463. The number of rotatable bonds is 13. The van der Waals surface area contributed by atoms with E-state index in [0.29, 0.717) is 49.4 Å². The lowest BCUT2D eigenvalue weighted by Crippen LogP contribution is -2.47. The van der Waals surface area contributed by atoms with E-state index in [2.05, 4.69) is 41.4 Å². The first-order valence-corrected chi connectivity index (χ1v) is 19.2. The third-order valence-corrected chi connectivity index (χ3v) is 10.6. The van der Waals surface area contributed by atoms with Crippen LogP contribution in [0.5, 0.6) is 11.5 Å². The number of ether oxygens (including phenoxy) is 4. The van der Waals surface area contributed by atoms with E-state index < -0.39 is 47.5 Å². The summed E-state index contributed by atoms with van der Waals surface area (Å²) >= 11 is 3.49. The number of hydrogen-bond acceptors (Lipinski definition) is 10. The van der Waals surface area contributed by atoms with Gasteiger partial charge in [0, 0.05) is 36.7 Å². The predicted molar refractivity (Wildman–Crippen MR) is 207 cm³/mol. The number of nitrogens with one attached hydrogen (secondary N) is 2. The smallest absolute Gasteiger partial charge is 0.417 e. The third kappa shape index (κ3) is 10.5. The highest BCUT2D eigenvalue weighted by atomic mass is 79.9. The summed E-state index contributed by atoms with van der Waals surface area (Å²) in [4.78, 5) is 37.2. The zero-order valence-electron chi connectivity index (χ0n) is 31.8. The molecule has 58 heavy (non-hydrogen) atoms. The number of alkyl halides is 6. The lowest BCUT2D eigenvalue weighted by Gasteiger charge is -2.39. The molecule has 4 heterocycles. The molecule has 1 fully saturated rings. The minimum absolute atomic E-state index is 0.0317. The van der Waals surface area contributed by atoms with Gasteiger partial charge in [-0.25, -0.2) is 9.78 Å². The lowest BCUT2D eigenvalue weighted by atomic mass is 10.0. The summed E-state index contributed by atoms with van der Waals surface area (Å²) in [5, 5.41) is 4.94. The average Bonchev–Trinajstić information content (AvgIpc) is 3.16.